The van der Waals surface area contributed by atoms with Crippen molar-refractivity contribution in [1.29, 1.82) is 0 Å². The predicted octanol–water partition coefficient (Wildman–Crippen LogP) is 6.81. The minimum atomic E-state index is -0.109. The number of carbonyl (C=O) groups is 1. The summed E-state index contributed by atoms with van der Waals surface area (Å²) in [5.41, 5.74) is 5.50. The highest BCUT2D eigenvalue weighted by Gasteiger charge is 2.25. The molecule has 1 heterocycles. The van der Waals surface area contributed by atoms with Crippen LogP contribution in [0.1, 0.15) is 22.3 Å². The number of amides is 1. The van der Waals surface area contributed by atoms with Gasteiger partial charge in [0.2, 0.25) is 0 Å². The van der Waals surface area contributed by atoms with Crippen molar-refractivity contribution in [2.24, 2.45) is 4.99 Å². The fourth-order valence-electron chi connectivity index (χ4n) is 4.19. The molecule has 5 rings (SSSR count). The highest BCUT2D eigenvalue weighted by Crippen LogP contribution is 2.36. The first-order valence-corrected chi connectivity index (χ1v) is 11.1. The molecule has 0 unspecified atom stereocenters. The largest absolute Gasteiger partial charge is 0.300 e. The van der Waals surface area contributed by atoms with Crippen LogP contribution in [-0.2, 0) is 4.79 Å². The second kappa shape index (κ2) is 7.71. The first-order valence-electron chi connectivity index (χ1n) is 10.3. The van der Waals surface area contributed by atoms with Gasteiger partial charge in [-0.15, -0.1) is 0 Å². The number of hydrogen-bond acceptors (Lipinski definition) is 3. The van der Waals surface area contributed by atoms with Gasteiger partial charge in [0.25, 0.3) is 5.91 Å². The fraction of sp³-hybridized carbons (Fsp3) is 0.111. The molecule has 152 valence electrons. The number of thioether (sulfide) groups is 1. The molecular weight excluding hydrogens is 400 g/mol. The van der Waals surface area contributed by atoms with E-state index in [1.807, 2.05) is 37.3 Å². The second-order valence-corrected chi connectivity index (χ2v) is 8.93. The molecule has 0 aliphatic carbocycles. The quantitative estimate of drug-likeness (QED) is 0.285. The Morgan fingerprint density at radius 1 is 0.839 bits per heavy atom. The summed E-state index contributed by atoms with van der Waals surface area (Å²) in [7, 11) is 0. The third kappa shape index (κ3) is 3.53. The fourth-order valence-corrected chi connectivity index (χ4v) is 5.00. The third-order valence-corrected chi connectivity index (χ3v) is 6.65. The van der Waals surface area contributed by atoms with Crippen molar-refractivity contribution in [1.82, 2.24) is 5.32 Å². The van der Waals surface area contributed by atoms with Gasteiger partial charge in [0.15, 0.2) is 5.17 Å². The molecule has 0 spiro atoms. The lowest BCUT2D eigenvalue weighted by Gasteiger charge is -2.12. The van der Waals surface area contributed by atoms with Crippen LogP contribution in [0.25, 0.3) is 27.6 Å². The highest BCUT2D eigenvalue weighted by molar-refractivity contribution is 8.18. The number of fused-ring (bicyclic) bond motifs is 2. The van der Waals surface area contributed by atoms with E-state index in [1.165, 1.54) is 33.7 Å². The Labute approximate surface area is 185 Å². The van der Waals surface area contributed by atoms with E-state index in [-0.39, 0.29) is 5.91 Å². The van der Waals surface area contributed by atoms with Crippen LogP contribution in [0.3, 0.4) is 0 Å². The molecule has 1 amide bonds. The molecule has 1 aliphatic heterocycles. The lowest BCUT2D eigenvalue weighted by atomic mass is 9.92. The smallest absolute Gasteiger partial charge is 0.264 e. The van der Waals surface area contributed by atoms with Gasteiger partial charge in [0, 0.05) is 0 Å². The van der Waals surface area contributed by atoms with Crippen LogP contribution in [0.5, 0.6) is 0 Å². The van der Waals surface area contributed by atoms with Gasteiger partial charge in [-0.25, -0.2) is 4.99 Å². The van der Waals surface area contributed by atoms with Crippen LogP contribution in [0.15, 0.2) is 76.6 Å². The molecule has 4 aromatic rings. The van der Waals surface area contributed by atoms with Gasteiger partial charge in [-0.2, -0.15) is 0 Å². The molecule has 1 fully saturated rings. The zero-order valence-corrected chi connectivity index (χ0v) is 18.5. The van der Waals surface area contributed by atoms with Gasteiger partial charge in [0.1, 0.15) is 0 Å². The van der Waals surface area contributed by atoms with E-state index >= 15 is 0 Å². The maximum Gasteiger partial charge on any atom is 0.264 e. The van der Waals surface area contributed by atoms with E-state index in [1.54, 1.807) is 0 Å². The number of hydrogen-bond donors (Lipinski definition) is 1. The zero-order chi connectivity index (χ0) is 21.5. The molecule has 0 radical (unpaired) electrons. The van der Waals surface area contributed by atoms with Crippen LogP contribution >= 0.6 is 11.8 Å². The number of amidine groups is 1. The summed E-state index contributed by atoms with van der Waals surface area (Å²) < 4.78 is 0. The topological polar surface area (TPSA) is 41.5 Å². The summed E-state index contributed by atoms with van der Waals surface area (Å²) in [4.78, 5) is 18.1. The Morgan fingerprint density at radius 3 is 2.06 bits per heavy atom. The Hall–Kier alpha value is -3.37. The molecule has 1 saturated heterocycles. The van der Waals surface area contributed by atoms with Crippen molar-refractivity contribution in [3.8, 4) is 0 Å². The second-order valence-electron chi connectivity index (χ2n) is 7.90. The minimum absolute atomic E-state index is 0.109. The number of aliphatic imine (C=N–C) groups is 1. The maximum absolute atomic E-state index is 12.8. The lowest BCUT2D eigenvalue weighted by Crippen LogP contribution is -2.19. The first-order chi connectivity index (χ1) is 15.0. The maximum atomic E-state index is 12.8. The SMILES string of the molecule is Cc1ccc(N=C2NC(=O)/C(=C\c3c4ccccc4c(C)c4ccccc34)S2)c(C)c1. The number of nitrogens with zero attached hydrogens (tertiary/aromatic N) is 1. The van der Waals surface area contributed by atoms with Gasteiger partial charge >= 0.3 is 0 Å². The summed E-state index contributed by atoms with van der Waals surface area (Å²) in [5.74, 6) is -0.109. The Bertz CT molecular complexity index is 1380. The summed E-state index contributed by atoms with van der Waals surface area (Å²) in [6.07, 6.45) is 2.01. The summed E-state index contributed by atoms with van der Waals surface area (Å²) in [6, 6.07) is 22.9. The third-order valence-electron chi connectivity index (χ3n) is 5.74. The Balaban J connectivity index is 1.63. The number of nitrogens with one attached hydrogen (secondary N) is 1. The number of benzene rings is 4. The van der Waals surface area contributed by atoms with E-state index in [2.05, 4.69) is 66.6 Å². The average Bonchev–Trinajstić information content (AvgIpc) is 3.12. The van der Waals surface area contributed by atoms with E-state index in [9.17, 15) is 4.79 Å². The van der Waals surface area contributed by atoms with Crippen molar-refractivity contribution in [2.75, 3.05) is 0 Å². The molecule has 0 saturated carbocycles. The summed E-state index contributed by atoms with van der Waals surface area (Å²) in [5, 5.41) is 8.26. The van der Waals surface area contributed by atoms with Crippen molar-refractivity contribution < 1.29 is 4.79 Å². The van der Waals surface area contributed by atoms with Gasteiger partial charge in [-0.1, -0.05) is 66.2 Å². The van der Waals surface area contributed by atoms with Crippen molar-refractivity contribution >= 4 is 56.1 Å². The molecule has 0 bridgehead atoms. The van der Waals surface area contributed by atoms with Crippen LogP contribution < -0.4 is 5.32 Å². The Morgan fingerprint density at radius 2 is 1.45 bits per heavy atom. The van der Waals surface area contributed by atoms with Crippen molar-refractivity contribution in [2.45, 2.75) is 20.8 Å². The molecule has 3 nitrogen and oxygen atoms in total. The molecule has 4 heteroatoms. The van der Waals surface area contributed by atoms with E-state index in [4.69, 9.17) is 0 Å². The monoisotopic (exact) mass is 422 g/mol. The average molecular weight is 423 g/mol. The van der Waals surface area contributed by atoms with Gasteiger partial charge in [0.05, 0.1) is 10.6 Å². The Kier molecular flexibility index (Phi) is 4.87. The number of aryl methyl sites for hydroxylation is 3. The molecule has 4 aromatic carbocycles. The van der Waals surface area contributed by atoms with E-state index in [0.29, 0.717) is 10.1 Å². The normalized spacial score (nSPS) is 16.5. The van der Waals surface area contributed by atoms with Gasteiger partial charge in [-0.05, 0) is 82.9 Å². The predicted molar refractivity (Wildman–Crippen MR) is 133 cm³/mol. The van der Waals surface area contributed by atoms with E-state index in [0.717, 1.165) is 27.6 Å². The molecule has 0 atom stereocenters. The lowest BCUT2D eigenvalue weighted by molar-refractivity contribution is -0.115. The minimum Gasteiger partial charge on any atom is -0.300 e. The number of carbonyl (C=O) groups excluding carboxylic acids is 1. The molecule has 1 aliphatic rings. The molecule has 31 heavy (non-hydrogen) atoms. The van der Waals surface area contributed by atoms with Crippen molar-refractivity contribution in [3.05, 3.63) is 93.9 Å². The molecule has 0 aromatic heterocycles. The van der Waals surface area contributed by atoms with Gasteiger partial charge < -0.3 is 5.32 Å². The molecule has 1 N–H and O–H groups in total. The number of rotatable bonds is 2. The van der Waals surface area contributed by atoms with Crippen LogP contribution in [0.4, 0.5) is 5.69 Å². The van der Waals surface area contributed by atoms with Crippen molar-refractivity contribution in [3.63, 3.8) is 0 Å². The summed E-state index contributed by atoms with van der Waals surface area (Å²) >= 11 is 1.39. The zero-order valence-electron chi connectivity index (χ0n) is 17.7. The van der Waals surface area contributed by atoms with Crippen LogP contribution in [-0.4, -0.2) is 11.1 Å². The van der Waals surface area contributed by atoms with E-state index < -0.39 is 0 Å². The van der Waals surface area contributed by atoms with Crippen LogP contribution in [0, 0.1) is 20.8 Å². The first kappa shape index (κ1) is 19.6. The van der Waals surface area contributed by atoms with Crippen LogP contribution in [0.2, 0.25) is 0 Å². The summed E-state index contributed by atoms with van der Waals surface area (Å²) in [6.45, 7) is 6.26. The standard InChI is InChI=1S/C27H22N2OS/c1-16-12-13-24(17(2)14-16)28-27-29-26(30)25(31-27)15-23-21-10-6-4-8-19(21)18(3)20-9-5-7-11-22(20)23/h4-15H,1-3H3,(H,28,29,30)/b25-15+. The highest BCUT2D eigenvalue weighted by atomic mass is 32.2. The van der Waals surface area contributed by atoms with Gasteiger partial charge in [-0.3, -0.25) is 4.79 Å². The molecular formula is C27H22N2OS.